The number of benzene rings is 1. The van der Waals surface area contributed by atoms with Gasteiger partial charge in [-0.2, -0.15) is 0 Å². The maximum atomic E-state index is 11.1. The summed E-state index contributed by atoms with van der Waals surface area (Å²) in [6, 6.07) is 6.06. The van der Waals surface area contributed by atoms with Crippen molar-refractivity contribution in [2.24, 2.45) is 5.73 Å². The van der Waals surface area contributed by atoms with E-state index < -0.39 is 0 Å². The van der Waals surface area contributed by atoms with E-state index in [2.05, 4.69) is 6.92 Å². The van der Waals surface area contributed by atoms with Crippen LogP contribution in [0.5, 0.6) is 0 Å². The molecule has 0 radical (unpaired) electrons. The summed E-state index contributed by atoms with van der Waals surface area (Å²) in [4.78, 5) is 11.1. The van der Waals surface area contributed by atoms with Gasteiger partial charge in [-0.05, 0) is 30.5 Å². The first-order valence-electron chi connectivity index (χ1n) is 4.41. The van der Waals surface area contributed by atoms with Gasteiger partial charge in [0.25, 0.3) is 0 Å². The third-order valence-electron chi connectivity index (χ3n) is 2.20. The van der Waals surface area contributed by atoms with Gasteiger partial charge in [0.05, 0.1) is 6.54 Å². The number of Topliss-reactive ketones (excluding diaryl/α,β-unsaturated/α-hetero) is 1. The lowest BCUT2D eigenvalue weighted by molar-refractivity contribution is -0.117. The average molecular weight is 177 g/mol. The fourth-order valence-corrected chi connectivity index (χ4v) is 1.21. The fourth-order valence-electron chi connectivity index (χ4n) is 1.21. The molecular formula is C11H15NO. The van der Waals surface area contributed by atoms with Crippen LogP contribution >= 0.6 is 0 Å². The average Bonchev–Trinajstić information content (AvgIpc) is 2.11. The summed E-state index contributed by atoms with van der Waals surface area (Å²) in [6.07, 6.45) is 0.456. The zero-order valence-corrected chi connectivity index (χ0v) is 8.13. The first kappa shape index (κ1) is 9.93. The summed E-state index contributed by atoms with van der Waals surface area (Å²) >= 11 is 0. The van der Waals surface area contributed by atoms with Gasteiger partial charge >= 0.3 is 0 Å². The number of hydrogen-bond donors (Lipinski definition) is 1. The molecule has 1 rings (SSSR count). The molecule has 0 atom stereocenters. The highest BCUT2D eigenvalue weighted by atomic mass is 16.1. The van der Waals surface area contributed by atoms with Gasteiger partial charge in [-0.3, -0.25) is 4.79 Å². The summed E-state index contributed by atoms with van der Waals surface area (Å²) in [7, 11) is 0. The second-order valence-corrected chi connectivity index (χ2v) is 3.34. The van der Waals surface area contributed by atoms with Gasteiger partial charge in [-0.1, -0.05) is 18.2 Å². The Bertz CT molecular complexity index is 318. The van der Waals surface area contributed by atoms with E-state index >= 15 is 0 Å². The van der Waals surface area contributed by atoms with Crippen molar-refractivity contribution >= 4 is 5.78 Å². The Morgan fingerprint density at radius 2 is 2.00 bits per heavy atom. The molecule has 0 aliphatic rings. The molecule has 0 aliphatic heterocycles. The number of carbonyl (C=O) groups excluding carboxylic acids is 1. The minimum atomic E-state index is 0.0863. The largest absolute Gasteiger partial charge is 0.324 e. The Morgan fingerprint density at radius 3 is 2.54 bits per heavy atom. The smallest absolute Gasteiger partial charge is 0.150 e. The number of nitrogens with two attached hydrogens (primary N) is 1. The molecule has 0 unspecified atom stereocenters. The van der Waals surface area contributed by atoms with E-state index in [-0.39, 0.29) is 12.3 Å². The van der Waals surface area contributed by atoms with Gasteiger partial charge in [-0.15, -0.1) is 0 Å². The van der Waals surface area contributed by atoms with E-state index in [4.69, 9.17) is 5.73 Å². The molecule has 0 aliphatic carbocycles. The van der Waals surface area contributed by atoms with E-state index in [0.29, 0.717) is 6.42 Å². The molecular weight excluding hydrogens is 162 g/mol. The van der Waals surface area contributed by atoms with Gasteiger partial charge in [-0.25, -0.2) is 0 Å². The lowest BCUT2D eigenvalue weighted by Crippen LogP contribution is -2.15. The molecule has 0 amide bonds. The Labute approximate surface area is 78.8 Å². The second-order valence-electron chi connectivity index (χ2n) is 3.34. The maximum Gasteiger partial charge on any atom is 0.150 e. The number of aryl methyl sites for hydroxylation is 2. The van der Waals surface area contributed by atoms with E-state index in [1.54, 1.807) is 0 Å². The number of carbonyl (C=O) groups is 1. The molecule has 0 saturated heterocycles. The van der Waals surface area contributed by atoms with Crippen molar-refractivity contribution in [3.05, 3.63) is 34.9 Å². The molecule has 2 nitrogen and oxygen atoms in total. The predicted molar refractivity (Wildman–Crippen MR) is 53.7 cm³/mol. The summed E-state index contributed by atoms with van der Waals surface area (Å²) in [6.45, 7) is 4.24. The predicted octanol–water partition coefficient (Wildman–Crippen LogP) is 1.37. The highest BCUT2D eigenvalue weighted by Gasteiger charge is 2.01. The van der Waals surface area contributed by atoms with Gasteiger partial charge in [0, 0.05) is 6.42 Å². The van der Waals surface area contributed by atoms with E-state index in [0.717, 1.165) is 5.56 Å². The highest BCUT2D eigenvalue weighted by Crippen LogP contribution is 2.10. The van der Waals surface area contributed by atoms with Crippen LogP contribution in [-0.2, 0) is 11.2 Å². The van der Waals surface area contributed by atoms with Gasteiger partial charge < -0.3 is 5.73 Å². The Kier molecular flexibility index (Phi) is 3.20. The van der Waals surface area contributed by atoms with Crippen molar-refractivity contribution in [3.8, 4) is 0 Å². The van der Waals surface area contributed by atoms with Crippen molar-refractivity contribution < 1.29 is 4.79 Å². The SMILES string of the molecule is Cc1ccc(CC(=O)CN)cc1C. The first-order chi connectivity index (χ1) is 6.13. The Balaban J connectivity index is 2.79. The minimum absolute atomic E-state index is 0.0863. The molecule has 0 aromatic heterocycles. The van der Waals surface area contributed by atoms with Crippen LogP contribution in [0.15, 0.2) is 18.2 Å². The first-order valence-corrected chi connectivity index (χ1v) is 4.41. The molecule has 2 N–H and O–H groups in total. The lowest BCUT2D eigenvalue weighted by Gasteiger charge is -2.03. The van der Waals surface area contributed by atoms with Crippen LogP contribution in [0.3, 0.4) is 0 Å². The molecule has 0 saturated carbocycles. The highest BCUT2D eigenvalue weighted by molar-refractivity contribution is 5.82. The van der Waals surface area contributed by atoms with Crippen molar-refractivity contribution in [1.29, 1.82) is 0 Å². The Hall–Kier alpha value is -1.15. The van der Waals surface area contributed by atoms with Crippen molar-refractivity contribution in [2.45, 2.75) is 20.3 Å². The standard InChI is InChI=1S/C11H15NO/c1-8-3-4-10(5-9(8)2)6-11(13)7-12/h3-5H,6-7,12H2,1-2H3. The van der Waals surface area contributed by atoms with Crippen molar-refractivity contribution in [2.75, 3.05) is 6.54 Å². The quantitative estimate of drug-likeness (QED) is 0.757. The maximum absolute atomic E-state index is 11.1. The zero-order valence-electron chi connectivity index (χ0n) is 8.13. The topological polar surface area (TPSA) is 43.1 Å². The summed E-state index contributed by atoms with van der Waals surface area (Å²) in [5.41, 5.74) is 8.77. The zero-order chi connectivity index (χ0) is 9.84. The summed E-state index contributed by atoms with van der Waals surface area (Å²) < 4.78 is 0. The second kappa shape index (κ2) is 4.19. The number of rotatable bonds is 3. The van der Waals surface area contributed by atoms with Crippen LogP contribution in [0, 0.1) is 13.8 Å². The van der Waals surface area contributed by atoms with Crippen molar-refractivity contribution in [3.63, 3.8) is 0 Å². The van der Waals surface area contributed by atoms with Crippen LogP contribution in [0.2, 0.25) is 0 Å². The molecule has 1 aromatic carbocycles. The molecule has 0 heterocycles. The number of hydrogen-bond acceptors (Lipinski definition) is 2. The normalized spacial score (nSPS) is 10.1. The van der Waals surface area contributed by atoms with E-state index in [1.165, 1.54) is 11.1 Å². The lowest BCUT2D eigenvalue weighted by atomic mass is 10.0. The molecule has 13 heavy (non-hydrogen) atoms. The van der Waals surface area contributed by atoms with E-state index in [9.17, 15) is 4.79 Å². The van der Waals surface area contributed by atoms with Crippen molar-refractivity contribution in [1.82, 2.24) is 0 Å². The van der Waals surface area contributed by atoms with Crippen LogP contribution in [0.4, 0.5) is 0 Å². The number of ketones is 1. The van der Waals surface area contributed by atoms with Crippen LogP contribution in [-0.4, -0.2) is 12.3 Å². The summed E-state index contributed by atoms with van der Waals surface area (Å²) in [5.74, 6) is 0.0863. The molecule has 0 bridgehead atoms. The minimum Gasteiger partial charge on any atom is -0.324 e. The molecule has 0 fully saturated rings. The van der Waals surface area contributed by atoms with Gasteiger partial charge in [0.1, 0.15) is 0 Å². The fraction of sp³-hybridized carbons (Fsp3) is 0.364. The third kappa shape index (κ3) is 2.67. The monoisotopic (exact) mass is 177 g/mol. The van der Waals surface area contributed by atoms with Gasteiger partial charge in [0.15, 0.2) is 5.78 Å². The summed E-state index contributed by atoms with van der Waals surface area (Å²) in [5, 5.41) is 0. The molecule has 1 aromatic rings. The van der Waals surface area contributed by atoms with Crippen LogP contribution in [0.25, 0.3) is 0 Å². The van der Waals surface area contributed by atoms with Crippen LogP contribution < -0.4 is 5.73 Å². The third-order valence-corrected chi connectivity index (χ3v) is 2.20. The molecule has 0 spiro atoms. The van der Waals surface area contributed by atoms with Crippen LogP contribution in [0.1, 0.15) is 16.7 Å². The van der Waals surface area contributed by atoms with Gasteiger partial charge in [0.2, 0.25) is 0 Å². The molecule has 70 valence electrons. The van der Waals surface area contributed by atoms with E-state index in [1.807, 2.05) is 25.1 Å². The Morgan fingerprint density at radius 1 is 1.31 bits per heavy atom. The molecule has 2 heteroatoms.